The number of amides is 2. The number of sulfonamides is 1. The lowest BCUT2D eigenvalue weighted by Gasteiger charge is -2.33. The van der Waals surface area contributed by atoms with Gasteiger partial charge < -0.3 is 19.7 Å². The number of hydrogen-bond donors (Lipinski definition) is 1. The summed E-state index contributed by atoms with van der Waals surface area (Å²) in [5.74, 6) is -0.0766. The predicted molar refractivity (Wildman–Crippen MR) is 159 cm³/mol. The van der Waals surface area contributed by atoms with Crippen LogP contribution in [0.25, 0.3) is 0 Å². The molecule has 41 heavy (non-hydrogen) atoms. The van der Waals surface area contributed by atoms with Gasteiger partial charge >= 0.3 is 0 Å². The number of carbonyl (C=O) groups is 2. The van der Waals surface area contributed by atoms with Crippen LogP contribution in [0.3, 0.4) is 0 Å². The molecule has 0 fully saturated rings. The SMILES string of the molecule is CCCNC(=O)[C@@H](Cc1ccccc1)N(Cc1ccc(Cl)c(Cl)c1)C(=O)CN(c1ccc2c(c1)OCO2)S(C)(=O)=O. The average Bonchev–Trinajstić information content (AvgIpc) is 3.42. The second-order valence-corrected chi connectivity index (χ2v) is 12.3. The minimum Gasteiger partial charge on any atom is -0.454 e. The van der Waals surface area contributed by atoms with Crippen LogP contribution in [0.15, 0.2) is 66.7 Å². The Hall–Kier alpha value is -3.47. The topological polar surface area (TPSA) is 105 Å². The molecule has 0 aliphatic carbocycles. The van der Waals surface area contributed by atoms with Gasteiger partial charge in [-0.05, 0) is 41.8 Å². The highest BCUT2D eigenvalue weighted by Crippen LogP contribution is 2.36. The van der Waals surface area contributed by atoms with Crippen molar-refractivity contribution >= 4 is 50.7 Å². The molecule has 1 atom stereocenters. The van der Waals surface area contributed by atoms with Gasteiger partial charge in [0.05, 0.1) is 22.0 Å². The summed E-state index contributed by atoms with van der Waals surface area (Å²) in [6.07, 6.45) is 1.94. The van der Waals surface area contributed by atoms with Gasteiger partial charge in [-0.25, -0.2) is 8.42 Å². The number of anilines is 1. The Balaban J connectivity index is 1.73. The van der Waals surface area contributed by atoms with Gasteiger partial charge in [-0.2, -0.15) is 0 Å². The first-order valence-corrected chi connectivity index (χ1v) is 15.6. The molecule has 9 nitrogen and oxygen atoms in total. The van der Waals surface area contributed by atoms with Crippen LogP contribution < -0.4 is 19.1 Å². The highest BCUT2D eigenvalue weighted by molar-refractivity contribution is 7.92. The third kappa shape index (κ3) is 7.84. The van der Waals surface area contributed by atoms with Gasteiger partial charge in [0, 0.05) is 25.6 Å². The molecular formula is C29H31Cl2N3O6S. The van der Waals surface area contributed by atoms with Crippen molar-refractivity contribution in [3.05, 3.63) is 87.9 Å². The van der Waals surface area contributed by atoms with Crippen molar-refractivity contribution in [2.75, 3.05) is 30.4 Å². The molecule has 12 heteroatoms. The fraction of sp³-hybridized carbons (Fsp3) is 0.310. The molecular weight excluding hydrogens is 589 g/mol. The largest absolute Gasteiger partial charge is 0.454 e. The zero-order chi connectivity index (χ0) is 29.6. The third-order valence-electron chi connectivity index (χ3n) is 6.48. The van der Waals surface area contributed by atoms with Crippen molar-refractivity contribution in [1.29, 1.82) is 0 Å². The molecule has 3 aromatic carbocycles. The number of benzene rings is 3. The Morgan fingerprint density at radius 2 is 1.68 bits per heavy atom. The zero-order valence-corrected chi connectivity index (χ0v) is 25.0. The van der Waals surface area contributed by atoms with Gasteiger partial charge in [0.1, 0.15) is 12.6 Å². The second kappa shape index (κ2) is 13.5. The molecule has 1 aliphatic heterocycles. The number of rotatable bonds is 12. The van der Waals surface area contributed by atoms with E-state index in [1.54, 1.807) is 30.3 Å². The van der Waals surface area contributed by atoms with Crippen LogP contribution in [0, 0.1) is 0 Å². The van der Waals surface area contributed by atoms with Gasteiger partial charge in [-0.3, -0.25) is 13.9 Å². The summed E-state index contributed by atoms with van der Waals surface area (Å²) in [5.41, 5.74) is 1.70. The number of fused-ring (bicyclic) bond motifs is 1. The lowest BCUT2D eigenvalue weighted by atomic mass is 10.0. The molecule has 1 aliphatic rings. The van der Waals surface area contributed by atoms with Crippen molar-refractivity contribution < 1.29 is 27.5 Å². The minimum absolute atomic E-state index is 0.00842. The summed E-state index contributed by atoms with van der Waals surface area (Å²) in [6.45, 7) is 1.81. The van der Waals surface area contributed by atoms with E-state index in [0.29, 0.717) is 40.1 Å². The summed E-state index contributed by atoms with van der Waals surface area (Å²) >= 11 is 12.4. The van der Waals surface area contributed by atoms with Gasteiger partial charge in [-0.1, -0.05) is 66.5 Å². The molecule has 0 aromatic heterocycles. The number of halogens is 2. The van der Waals surface area contributed by atoms with Crippen LogP contribution in [0.2, 0.25) is 10.0 Å². The Morgan fingerprint density at radius 3 is 2.37 bits per heavy atom. The average molecular weight is 621 g/mol. The molecule has 3 aromatic rings. The normalized spacial score (nSPS) is 13.0. The lowest BCUT2D eigenvalue weighted by Crippen LogP contribution is -2.53. The van der Waals surface area contributed by atoms with Crippen LogP contribution in [0.1, 0.15) is 24.5 Å². The summed E-state index contributed by atoms with van der Waals surface area (Å²) in [6, 6.07) is 18.0. The summed E-state index contributed by atoms with van der Waals surface area (Å²) in [5, 5.41) is 3.54. The van der Waals surface area contributed by atoms with Crippen LogP contribution in [0.5, 0.6) is 11.5 Å². The molecule has 0 saturated carbocycles. The molecule has 218 valence electrons. The van der Waals surface area contributed by atoms with E-state index in [-0.39, 0.29) is 31.4 Å². The van der Waals surface area contributed by atoms with E-state index in [1.807, 2.05) is 37.3 Å². The van der Waals surface area contributed by atoms with Crippen LogP contribution in [-0.2, 0) is 32.6 Å². The maximum Gasteiger partial charge on any atom is 0.244 e. The first kappa shape index (κ1) is 30.5. The van der Waals surface area contributed by atoms with Crippen molar-refractivity contribution in [3.8, 4) is 11.5 Å². The number of nitrogens with one attached hydrogen (secondary N) is 1. The maximum atomic E-state index is 14.1. The summed E-state index contributed by atoms with van der Waals surface area (Å²) in [7, 11) is -3.92. The molecule has 4 rings (SSSR count). The summed E-state index contributed by atoms with van der Waals surface area (Å²) in [4.78, 5) is 29.0. The van der Waals surface area contributed by atoms with E-state index in [2.05, 4.69) is 5.32 Å². The molecule has 0 radical (unpaired) electrons. The van der Waals surface area contributed by atoms with Gasteiger partial charge in [0.2, 0.25) is 28.6 Å². The first-order chi connectivity index (χ1) is 19.6. The van der Waals surface area contributed by atoms with Crippen molar-refractivity contribution in [2.45, 2.75) is 32.4 Å². The van der Waals surface area contributed by atoms with E-state index >= 15 is 0 Å². The lowest BCUT2D eigenvalue weighted by molar-refractivity contribution is -0.140. The van der Waals surface area contributed by atoms with Crippen molar-refractivity contribution in [2.24, 2.45) is 0 Å². The fourth-order valence-electron chi connectivity index (χ4n) is 4.41. The number of carbonyl (C=O) groups excluding carboxylic acids is 2. The van der Waals surface area contributed by atoms with Gasteiger partial charge in [0.15, 0.2) is 11.5 Å². The van der Waals surface area contributed by atoms with E-state index in [1.165, 1.54) is 11.0 Å². The highest BCUT2D eigenvalue weighted by atomic mass is 35.5. The van der Waals surface area contributed by atoms with Crippen molar-refractivity contribution in [1.82, 2.24) is 10.2 Å². The zero-order valence-electron chi connectivity index (χ0n) is 22.7. The molecule has 0 saturated heterocycles. The van der Waals surface area contributed by atoms with E-state index in [4.69, 9.17) is 32.7 Å². The first-order valence-electron chi connectivity index (χ1n) is 13.0. The minimum atomic E-state index is -3.92. The smallest absolute Gasteiger partial charge is 0.244 e. The van der Waals surface area contributed by atoms with E-state index < -0.39 is 28.5 Å². The fourth-order valence-corrected chi connectivity index (χ4v) is 5.57. The van der Waals surface area contributed by atoms with Gasteiger partial charge in [-0.15, -0.1) is 0 Å². The van der Waals surface area contributed by atoms with Crippen LogP contribution in [0.4, 0.5) is 5.69 Å². The molecule has 0 unspecified atom stereocenters. The van der Waals surface area contributed by atoms with Crippen molar-refractivity contribution in [3.63, 3.8) is 0 Å². The van der Waals surface area contributed by atoms with Crippen LogP contribution >= 0.6 is 23.2 Å². The second-order valence-electron chi connectivity index (χ2n) is 9.57. The molecule has 2 amide bonds. The summed E-state index contributed by atoms with van der Waals surface area (Å²) < 4.78 is 37.6. The number of ether oxygens (including phenoxy) is 2. The number of nitrogens with zero attached hydrogens (tertiary/aromatic N) is 2. The Bertz CT molecular complexity index is 1500. The van der Waals surface area contributed by atoms with E-state index in [9.17, 15) is 18.0 Å². The van der Waals surface area contributed by atoms with Crippen LogP contribution in [-0.4, -0.2) is 57.3 Å². The Morgan fingerprint density at radius 1 is 0.951 bits per heavy atom. The number of hydrogen-bond acceptors (Lipinski definition) is 6. The molecule has 1 heterocycles. The van der Waals surface area contributed by atoms with E-state index in [0.717, 1.165) is 16.1 Å². The Kier molecular flexibility index (Phi) is 10.0. The standard InChI is InChI=1S/C29H31Cl2N3O6S/c1-3-13-32-29(36)25(15-20-7-5-4-6-8-20)33(17-21-9-11-23(30)24(31)14-21)28(35)18-34(41(2,37)38)22-10-12-26-27(16-22)40-19-39-26/h4-12,14,16,25H,3,13,15,17-19H2,1-2H3,(H,32,36)/t25-/m1/s1. The highest BCUT2D eigenvalue weighted by Gasteiger charge is 2.33. The molecule has 1 N–H and O–H groups in total. The predicted octanol–water partition coefficient (Wildman–Crippen LogP) is 4.65. The molecule has 0 bridgehead atoms. The maximum absolute atomic E-state index is 14.1. The third-order valence-corrected chi connectivity index (χ3v) is 8.36. The quantitative estimate of drug-likeness (QED) is 0.316. The molecule has 0 spiro atoms. The van der Waals surface area contributed by atoms with Gasteiger partial charge in [0.25, 0.3) is 0 Å². The monoisotopic (exact) mass is 619 g/mol. The Labute approximate surface area is 250 Å².